The number of rotatable bonds is 6. The molecule has 0 aliphatic carbocycles. The Kier molecular flexibility index (Phi) is 6.69. The first-order chi connectivity index (χ1) is 8.52. The highest BCUT2D eigenvalue weighted by molar-refractivity contribution is 5.76. The summed E-state index contributed by atoms with van der Waals surface area (Å²) in [6.07, 6.45) is 4.24. The van der Waals surface area contributed by atoms with E-state index in [9.17, 15) is 4.79 Å². The summed E-state index contributed by atoms with van der Waals surface area (Å²) >= 11 is 0. The summed E-state index contributed by atoms with van der Waals surface area (Å²) in [6, 6.07) is 0.525. The Morgan fingerprint density at radius 3 is 2.67 bits per heavy atom. The number of nitrogens with one attached hydrogen (secondary N) is 1. The monoisotopic (exact) mass is 254 g/mol. The lowest BCUT2D eigenvalue weighted by Gasteiger charge is -2.25. The Morgan fingerprint density at radius 1 is 1.33 bits per heavy atom. The average Bonchev–Trinajstić information content (AvgIpc) is 2.50. The normalized spacial score (nSPS) is 23.3. The second kappa shape index (κ2) is 7.78. The van der Waals surface area contributed by atoms with Crippen molar-refractivity contribution in [1.29, 1.82) is 0 Å². The highest BCUT2D eigenvalue weighted by Gasteiger charge is 2.22. The standard InChI is InChI=1S/C15H30N2O/c1-5-14-6-7-15(18)17(9-8-14)11-13(4)10-16-12(2)3/h12-14,16H,5-11H2,1-4H3. The predicted octanol–water partition coefficient (Wildman–Crippen LogP) is 2.66. The molecule has 1 N–H and O–H groups in total. The van der Waals surface area contributed by atoms with Crippen LogP contribution in [-0.2, 0) is 4.79 Å². The van der Waals surface area contributed by atoms with Gasteiger partial charge in [-0.05, 0) is 31.2 Å². The first-order valence-corrected chi connectivity index (χ1v) is 7.54. The van der Waals surface area contributed by atoms with Gasteiger partial charge >= 0.3 is 0 Å². The number of likely N-dealkylation sites (tertiary alicyclic amines) is 1. The molecule has 1 heterocycles. The Labute approximate surface area is 112 Å². The lowest BCUT2D eigenvalue weighted by atomic mass is 9.98. The maximum atomic E-state index is 12.1. The second-order valence-electron chi connectivity index (χ2n) is 6.11. The van der Waals surface area contributed by atoms with Crippen molar-refractivity contribution in [3.63, 3.8) is 0 Å². The summed E-state index contributed by atoms with van der Waals surface area (Å²) in [4.78, 5) is 14.1. The van der Waals surface area contributed by atoms with Gasteiger partial charge in [-0.1, -0.05) is 34.1 Å². The van der Waals surface area contributed by atoms with E-state index in [2.05, 4.69) is 37.9 Å². The fourth-order valence-electron chi connectivity index (χ4n) is 2.57. The van der Waals surface area contributed by atoms with E-state index in [1.807, 2.05) is 0 Å². The number of nitrogens with zero attached hydrogens (tertiary/aromatic N) is 1. The van der Waals surface area contributed by atoms with Crippen molar-refractivity contribution >= 4 is 5.91 Å². The van der Waals surface area contributed by atoms with Gasteiger partial charge in [0.2, 0.25) is 5.91 Å². The molecule has 1 amide bonds. The summed E-state index contributed by atoms with van der Waals surface area (Å²) in [5.74, 6) is 1.65. The minimum Gasteiger partial charge on any atom is -0.342 e. The van der Waals surface area contributed by atoms with Crippen LogP contribution in [0.15, 0.2) is 0 Å². The van der Waals surface area contributed by atoms with Gasteiger partial charge in [-0.15, -0.1) is 0 Å². The van der Waals surface area contributed by atoms with E-state index >= 15 is 0 Å². The van der Waals surface area contributed by atoms with E-state index in [1.165, 1.54) is 12.8 Å². The first kappa shape index (κ1) is 15.5. The molecule has 1 aliphatic rings. The molecule has 2 atom stereocenters. The van der Waals surface area contributed by atoms with Crippen LogP contribution in [0.25, 0.3) is 0 Å². The smallest absolute Gasteiger partial charge is 0.222 e. The van der Waals surface area contributed by atoms with Gasteiger partial charge in [0.05, 0.1) is 0 Å². The Morgan fingerprint density at radius 2 is 2.06 bits per heavy atom. The minimum absolute atomic E-state index is 0.363. The molecule has 1 aliphatic heterocycles. The molecule has 0 aromatic heterocycles. The molecule has 18 heavy (non-hydrogen) atoms. The van der Waals surface area contributed by atoms with Crippen LogP contribution in [-0.4, -0.2) is 36.5 Å². The highest BCUT2D eigenvalue weighted by atomic mass is 16.2. The number of carbonyl (C=O) groups is 1. The zero-order chi connectivity index (χ0) is 13.5. The molecule has 0 saturated carbocycles. The van der Waals surface area contributed by atoms with Gasteiger partial charge in [-0.25, -0.2) is 0 Å². The number of hydrogen-bond acceptors (Lipinski definition) is 2. The molecule has 3 heteroatoms. The fraction of sp³-hybridized carbons (Fsp3) is 0.933. The third-order valence-electron chi connectivity index (χ3n) is 3.91. The van der Waals surface area contributed by atoms with Gasteiger partial charge in [0, 0.05) is 25.6 Å². The van der Waals surface area contributed by atoms with Crippen LogP contribution in [0.2, 0.25) is 0 Å². The molecule has 0 spiro atoms. The van der Waals surface area contributed by atoms with Gasteiger partial charge in [-0.2, -0.15) is 0 Å². The average molecular weight is 254 g/mol. The third kappa shape index (κ3) is 5.38. The van der Waals surface area contributed by atoms with E-state index in [1.54, 1.807) is 0 Å². The zero-order valence-electron chi connectivity index (χ0n) is 12.5. The molecule has 1 rings (SSSR count). The van der Waals surface area contributed by atoms with Crippen LogP contribution < -0.4 is 5.32 Å². The summed E-state index contributed by atoms with van der Waals surface area (Å²) in [5, 5.41) is 3.45. The van der Waals surface area contributed by atoms with Crippen molar-refractivity contribution in [2.45, 2.75) is 59.4 Å². The van der Waals surface area contributed by atoms with Crippen molar-refractivity contribution in [1.82, 2.24) is 10.2 Å². The summed E-state index contributed by atoms with van der Waals surface area (Å²) in [5.41, 5.74) is 0. The lowest BCUT2D eigenvalue weighted by Crippen LogP contribution is -2.38. The minimum atomic E-state index is 0.363. The van der Waals surface area contributed by atoms with E-state index in [0.717, 1.165) is 38.4 Å². The van der Waals surface area contributed by atoms with Crippen LogP contribution in [0.1, 0.15) is 53.4 Å². The topological polar surface area (TPSA) is 32.3 Å². The SMILES string of the molecule is CCC1CCC(=O)N(CC(C)CNC(C)C)CC1. The second-order valence-corrected chi connectivity index (χ2v) is 6.11. The maximum Gasteiger partial charge on any atom is 0.222 e. The quantitative estimate of drug-likeness (QED) is 0.790. The molecule has 0 radical (unpaired) electrons. The van der Waals surface area contributed by atoms with E-state index in [4.69, 9.17) is 0 Å². The van der Waals surface area contributed by atoms with E-state index in [0.29, 0.717) is 17.9 Å². The van der Waals surface area contributed by atoms with E-state index in [-0.39, 0.29) is 0 Å². The Balaban J connectivity index is 2.37. The number of amides is 1. The van der Waals surface area contributed by atoms with Crippen molar-refractivity contribution in [2.24, 2.45) is 11.8 Å². The van der Waals surface area contributed by atoms with E-state index < -0.39 is 0 Å². The molecule has 2 unspecified atom stereocenters. The van der Waals surface area contributed by atoms with Crippen LogP contribution in [0.4, 0.5) is 0 Å². The molecular formula is C15H30N2O. The molecular weight excluding hydrogens is 224 g/mol. The molecule has 1 saturated heterocycles. The summed E-state index contributed by atoms with van der Waals surface area (Å²) < 4.78 is 0. The lowest BCUT2D eigenvalue weighted by molar-refractivity contribution is -0.131. The van der Waals surface area contributed by atoms with Crippen LogP contribution >= 0.6 is 0 Å². The van der Waals surface area contributed by atoms with Crippen LogP contribution in [0.3, 0.4) is 0 Å². The van der Waals surface area contributed by atoms with Crippen LogP contribution in [0, 0.1) is 11.8 Å². The zero-order valence-corrected chi connectivity index (χ0v) is 12.5. The van der Waals surface area contributed by atoms with Gasteiger partial charge in [0.25, 0.3) is 0 Å². The van der Waals surface area contributed by atoms with Gasteiger partial charge in [0.1, 0.15) is 0 Å². The fourth-order valence-corrected chi connectivity index (χ4v) is 2.57. The largest absolute Gasteiger partial charge is 0.342 e. The van der Waals surface area contributed by atoms with Gasteiger partial charge < -0.3 is 10.2 Å². The molecule has 0 bridgehead atoms. The molecule has 106 valence electrons. The predicted molar refractivity (Wildman–Crippen MR) is 76.5 cm³/mol. The maximum absolute atomic E-state index is 12.1. The van der Waals surface area contributed by atoms with Crippen molar-refractivity contribution in [3.8, 4) is 0 Å². The first-order valence-electron chi connectivity index (χ1n) is 7.54. The van der Waals surface area contributed by atoms with Crippen molar-refractivity contribution in [2.75, 3.05) is 19.6 Å². The summed E-state index contributed by atoms with van der Waals surface area (Å²) in [6.45, 7) is 11.7. The van der Waals surface area contributed by atoms with Crippen LogP contribution in [0.5, 0.6) is 0 Å². The Hall–Kier alpha value is -0.570. The van der Waals surface area contributed by atoms with Gasteiger partial charge in [-0.3, -0.25) is 4.79 Å². The third-order valence-corrected chi connectivity index (χ3v) is 3.91. The van der Waals surface area contributed by atoms with Crippen molar-refractivity contribution < 1.29 is 4.79 Å². The number of carbonyl (C=O) groups excluding carboxylic acids is 1. The molecule has 3 nitrogen and oxygen atoms in total. The Bertz CT molecular complexity index is 253. The molecule has 1 fully saturated rings. The molecule has 0 aromatic rings. The highest BCUT2D eigenvalue weighted by Crippen LogP contribution is 2.21. The van der Waals surface area contributed by atoms with Gasteiger partial charge in [0.15, 0.2) is 0 Å². The molecule has 0 aromatic carbocycles. The summed E-state index contributed by atoms with van der Waals surface area (Å²) in [7, 11) is 0. The van der Waals surface area contributed by atoms with Crippen molar-refractivity contribution in [3.05, 3.63) is 0 Å². The number of hydrogen-bond donors (Lipinski definition) is 1.